The molecule has 0 radical (unpaired) electrons. The summed E-state index contributed by atoms with van der Waals surface area (Å²) < 4.78 is 0. The van der Waals surface area contributed by atoms with E-state index in [9.17, 15) is 4.79 Å². The second kappa shape index (κ2) is 3.70. The van der Waals surface area contributed by atoms with Crippen molar-refractivity contribution in [2.75, 3.05) is 5.73 Å². The number of rotatable bonds is 2. The number of primary amides is 1. The molecule has 0 bridgehead atoms. The zero-order valence-electron chi connectivity index (χ0n) is 7.81. The van der Waals surface area contributed by atoms with Crippen molar-refractivity contribution >= 4 is 22.9 Å². The Kier molecular flexibility index (Phi) is 2.39. The summed E-state index contributed by atoms with van der Waals surface area (Å²) in [6, 6.07) is 5.47. The Balaban J connectivity index is 2.48. The summed E-state index contributed by atoms with van der Waals surface area (Å²) in [5.41, 5.74) is 12.2. The number of hydrogen-bond acceptors (Lipinski definition) is 4. The molecular formula is C10H9N3OS. The maximum absolute atomic E-state index is 11.0. The summed E-state index contributed by atoms with van der Waals surface area (Å²) in [6.45, 7) is 0. The summed E-state index contributed by atoms with van der Waals surface area (Å²) in [6.07, 6.45) is 3.41. The molecule has 0 atom stereocenters. The quantitative estimate of drug-likeness (QED) is 0.802. The van der Waals surface area contributed by atoms with Gasteiger partial charge in [-0.25, -0.2) is 0 Å². The molecule has 0 saturated heterocycles. The zero-order valence-corrected chi connectivity index (χ0v) is 8.62. The van der Waals surface area contributed by atoms with Gasteiger partial charge in [0.25, 0.3) is 5.91 Å². The smallest absolute Gasteiger partial charge is 0.260 e. The molecular weight excluding hydrogens is 210 g/mol. The van der Waals surface area contributed by atoms with Crippen LogP contribution in [0.2, 0.25) is 0 Å². The van der Waals surface area contributed by atoms with Gasteiger partial charge in [0.1, 0.15) is 4.88 Å². The first-order valence-electron chi connectivity index (χ1n) is 4.28. The Morgan fingerprint density at radius 1 is 1.47 bits per heavy atom. The predicted molar refractivity (Wildman–Crippen MR) is 60.5 cm³/mol. The van der Waals surface area contributed by atoms with Crippen molar-refractivity contribution in [3.63, 3.8) is 0 Å². The van der Waals surface area contributed by atoms with Crippen LogP contribution in [0.5, 0.6) is 0 Å². The SMILES string of the molecule is NC(=O)c1sc(-c2cccnc2)cc1N. The molecule has 2 heterocycles. The maximum atomic E-state index is 11.0. The van der Waals surface area contributed by atoms with E-state index < -0.39 is 5.91 Å². The largest absolute Gasteiger partial charge is 0.397 e. The summed E-state index contributed by atoms with van der Waals surface area (Å²) in [5, 5.41) is 0. The molecule has 0 aliphatic carbocycles. The van der Waals surface area contributed by atoms with E-state index in [1.54, 1.807) is 18.5 Å². The predicted octanol–water partition coefficient (Wildman–Crippen LogP) is 1.49. The number of aromatic nitrogens is 1. The Hall–Kier alpha value is -1.88. The molecule has 0 aromatic carbocycles. The van der Waals surface area contributed by atoms with Crippen molar-refractivity contribution in [3.8, 4) is 10.4 Å². The van der Waals surface area contributed by atoms with Crippen molar-refractivity contribution in [1.82, 2.24) is 4.98 Å². The van der Waals surface area contributed by atoms with Crippen LogP contribution in [0.25, 0.3) is 10.4 Å². The number of carbonyl (C=O) groups excluding carboxylic acids is 1. The lowest BCUT2D eigenvalue weighted by Crippen LogP contribution is -2.10. The second-order valence-electron chi connectivity index (χ2n) is 3.00. The Morgan fingerprint density at radius 3 is 2.80 bits per heavy atom. The lowest BCUT2D eigenvalue weighted by atomic mass is 10.2. The number of thiophene rings is 1. The fraction of sp³-hybridized carbons (Fsp3) is 0. The van der Waals surface area contributed by atoms with Gasteiger partial charge in [-0.3, -0.25) is 9.78 Å². The number of anilines is 1. The summed E-state index contributed by atoms with van der Waals surface area (Å²) >= 11 is 1.28. The van der Waals surface area contributed by atoms with Gasteiger partial charge < -0.3 is 11.5 Å². The van der Waals surface area contributed by atoms with E-state index in [0.29, 0.717) is 10.6 Å². The van der Waals surface area contributed by atoms with Gasteiger partial charge in [0, 0.05) is 22.8 Å². The van der Waals surface area contributed by atoms with Gasteiger partial charge in [-0.2, -0.15) is 0 Å². The Labute approximate surface area is 90.6 Å². The molecule has 0 saturated carbocycles. The number of hydrogen-bond donors (Lipinski definition) is 2. The van der Waals surface area contributed by atoms with Crippen LogP contribution in [0, 0.1) is 0 Å². The van der Waals surface area contributed by atoms with Gasteiger partial charge in [-0.1, -0.05) is 6.07 Å². The van der Waals surface area contributed by atoms with Crippen molar-refractivity contribution in [2.24, 2.45) is 5.73 Å². The number of nitrogens with two attached hydrogens (primary N) is 2. The van der Waals surface area contributed by atoms with Gasteiger partial charge in [0.15, 0.2) is 0 Å². The molecule has 0 aliphatic heterocycles. The van der Waals surface area contributed by atoms with Crippen LogP contribution in [-0.4, -0.2) is 10.9 Å². The molecule has 4 N–H and O–H groups in total. The first kappa shape index (κ1) is 9.67. The Bertz CT molecular complexity index is 493. The second-order valence-corrected chi connectivity index (χ2v) is 4.05. The number of amides is 1. The van der Waals surface area contributed by atoms with Gasteiger partial charge in [0.2, 0.25) is 0 Å². The number of carbonyl (C=O) groups is 1. The van der Waals surface area contributed by atoms with Crippen LogP contribution >= 0.6 is 11.3 Å². The lowest BCUT2D eigenvalue weighted by molar-refractivity contribution is 0.100. The van der Waals surface area contributed by atoms with Crippen LogP contribution in [-0.2, 0) is 0 Å². The minimum atomic E-state index is -0.493. The summed E-state index contributed by atoms with van der Waals surface area (Å²) in [7, 11) is 0. The minimum Gasteiger partial charge on any atom is -0.397 e. The molecule has 0 unspecified atom stereocenters. The molecule has 2 rings (SSSR count). The van der Waals surface area contributed by atoms with Gasteiger partial charge in [0.05, 0.1) is 5.69 Å². The van der Waals surface area contributed by atoms with E-state index >= 15 is 0 Å². The van der Waals surface area contributed by atoms with Gasteiger partial charge in [-0.05, 0) is 12.1 Å². The summed E-state index contributed by atoms with van der Waals surface area (Å²) in [5.74, 6) is -0.493. The zero-order chi connectivity index (χ0) is 10.8. The third-order valence-corrected chi connectivity index (χ3v) is 3.15. The highest BCUT2D eigenvalue weighted by atomic mass is 32.1. The molecule has 2 aromatic rings. The van der Waals surface area contributed by atoms with Crippen LogP contribution in [0.3, 0.4) is 0 Å². The maximum Gasteiger partial charge on any atom is 0.260 e. The molecule has 76 valence electrons. The van der Waals surface area contributed by atoms with E-state index in [4.69, 9.17) is 11.5 Å². The van der Waals surface area contributed by atoms with E-state index in [2.05, 4.69) is 4.98 Å². The number of nitrogens with zero attached hydrogens (tertiary/aromatic N) is 1. The van der Waals surface area contributed by atoms with Gasteiger partial charge in [-0.15, -0.1) is 11.3 Å². The van der Waals surface area contributed by atoms with Crippen LogP contribution in [0.1, 0.15) is 9.67 Å². The van der Waals surface area contributed by atoms with Crippen LogP contribution in [0.15, 0.2) is 30.6 Å². The van der Waals surface area contributed by atoms with Crippen LogP contribution in [0.4, 0.5) is 5.69 Å². The fourth-order valence-electron chi connectivity index (χ4n) is 1.25. The van der Waals surface area contributed by atoms with Crippen molar-refractivity contribution in [3.05, 3.63) is 35.5 Å². The average Bonchev–Trinajstić information content (AvgIpc) is 2.62. The normalized spacial score (nSPS) is 10.1. The average molecular weight is 219 g/mol. The van der Waals surface area contributed by atoms with E-state index in [1.807, 2.05) is 12.1 Å². The van der Waals surface area contributed by atoms with Crippen LogP contribution < -0.4 is 11.5 Å². The molecule has 4 nitrogen and oxygen atoms in total. The molecule has 0 aliphatic rings. The highest BCUT2D eigenvalue weighted by molar-refractivity contribution is 7.18. The highest BCUT2D eigenvalue weighted by Crippen LogP contribution is 2.32. The molecule has 2 aromatic heterocycles. The Morgan fingerprint density at radius 2 is 2.27 bits per heavy atom. The lowest BCUT2D eigenvalue weighted by Gasteiger charge is -1.93. The fourth-order valence-corrected chi connectivity index (χ4v) is 2.17. The topological polar surface area (TPSA) is 82.0 Å². The molecule has 0 spiro atoms. The minimum absolute atomic E-state index is 0.397. The molecule has 1 amide bonds. The molecule has 0 fully saturated rings. The monoisotopic (exact) mass is 219 g/mol. The number of nitrogen functional groups attached to an aromatic ring is 1. The standard InChI is InChI=1S/C10H9N3OS/c11-7-4-8(15-9(7)10(12)14)6-2-1-3-13-5-6/h1-5H,11H2,(H2,12,14). The van der Waals surface area contributed by atoms with Crippen molar-refractivity contribution in [1.29, 1.82) is 0 Å². The third-order valence-electron chi connectivity index (χ3n) is 1.93. The van der Waals surface area contributed by atoms with E-state index in [-0.39, 0.29) is 0 Å². The summed E-state index contributed by atoms with van der Waals surface area (Å²) in [4.78, 5) is 16.3. The van der Waals surface area contributed by atoms with Gasteiger partial charge >= 0.3 is 0 Å². The van der Waals surface area contributed by atoms with E-state index in [1.165, 1.54) is 11.3 Å². The third kappa shape index (κ3) is 1.82. The highest BCUT2D eigenvalue weighted by Gasteiger charge is 2.12. The van der Waals surface area contributed by atoms with Crippen molar-refractivity contribution in [2.45, 2.75) is 0 Å². The molecule has 5 heteroatoms. The molecule has 15 heavy (non-hydrogen) atoms. The number of pyridine rings is 1. The van der Waals surface area contributed by atoms with Crippen molar-refractivity contribution < 1.29 is 4.79 Å². The first-order chi connectivity index (χ1) is 7.18. The first-order valence-corrected chi connectivity index (χ1v) is 5.09. The van der Waals surface area contributed by atoms with E-state index in [0.717, 1.165) is 10.4 Å².